The lowest BCUT2D eigenvalue weighted by molar-refractivity contribution is 0.713. The van der Waals surface area contributed by atoms with Crippen LogP contribution in [-0.2, 0) is 17.3 Å². The van der Waals surface area contributed by atoms with Crippen LogP contribution >= 0.6 is 0 Å². The average Bonchev–Trinajstić information content (AvgIpc) is 4.05. The predicted octanol–water partition coefficient (Wildman–Crippen LogP) is 16.6. The van der Waals surface area contributed by atoms with Gasteiger partial charge in [0.2, 0.25) is 0 Å². The number of benzene rings is 9. The van der Waals surface area contributed by atoms with Gasteiger partial charge >= 0.3 is 0 Å². The molecule has 306 valence electrons. The second kappa shape index (κ2) is 15.6. The molecule has 0 radical (unpaired) electrons. The van der Waals surface area contributed by atoms with Crippen LogP contribution in [-0.4, -0.2) is 4.98 Å². The number of aromatic nitrogens is 1. The zero-order valence-corrected chi connectivity index (χ0v) is 35.8. The van der Waals surface area contributed by atoms with Crippen LogP contribution in [0.25, 0.3) is 66.3 Å². The highest BCUT2D eigenvalue weighted by Gasteiger charge is 2.41. The molecule has 0 fully saturated rings. The first kappa shape index (κ1) is 39.9. The first-order valence-corrected chi connectivity index (χ1v) is 22.2. The molecule has 1 N–H and O–H groups in total. The molecule has 0 saturated carbocycles. The van der Waals surface area contributed by atoms with Crippen LogP contribution in [0, 0.1) is 0 Å². The Bertz CT molecular complexity index is 3070. The van der Waals surface area contributed by atoms with Crippen molar-refractivity contribution in [2.45, 2.75) is 52.4 Å². The molecule has 0 aliphatic heterocycles. The highest BCUT2D eigenvalue weighted by Crippen LogP contribution is 2.54. The zero-order chi connectivity index (χ0) is 42.0. The third kappa shape index (κ3) is 6.05. The van der Waals surface area contributed by atoms with E-state index in [4.69, 9.17) is 0 Å². The number of fused-ring (bicyclic) bond motifs is 12. The fourth-order valence-corrected chi connectivity index (χ4v) is 11.0. The Morgan fingerprint density at radius 3 is 1.22 bits per heavy atom. The van der Waals surface area contributed by atoms with E-state index in [1.54, 1.807) is 0 Å². The van der Waals surface area contributed by atoms with Crippen LogP contribution in [0.3, 0.4) is 0 Å². The molecule has 0 atom stereocenters. The number of para-hydroxylation sites is 1. The second-order valence-corrected chi connectivity index (χ2v) is 17.1. The van der Waals surface area contributed by atoms with Crippen molar-refractivity contribution >= 4 is 21.8 Å². The van der Waals surface area contributed by atoms with E-state index in [2.05, 4.69) is 225 Å². The number of hydrogen-bond acceptors (Lipinski definition) is 0. The number of hydrogen-bond donors (Lipinski definition) is 1. The molecule has 63 heavy (non-hydrogen) atoms. The molecule has 3 aliphatic rings. The van der Waals surface area contributed by atoms with Gasteiger partial charge in [0.05, 0.1) is 0 Å². The maximum absolute atomic E-state index is 3.54. The van der Waals surface area contributed by atoms with Gasteiger partial charge in [-0.15, -0.1) is 0 Å². The van der Waals surface area contributed by atoms with Crippen molar-refractivity contribution in [3.8, 4) is 44.5 Å². The third-order valence-corrected chi connectivity index (χ3v) is 14.1. The first-order chi connectivity index (χ1) is 30.5. The number of nitrogens with one attached hydrogen (secondary N) is 1. The molecular weight excluding hydrogens is 759 g/mol. The van der Waals surface area contributed by atoms with Crippen LogP contribution < -0.4 is 0 Å². The fraction of sp³-hybridized carbons (Fsp3) is 0.129. The molecule has 3 aliphatic carbocycles. The van der Waals surface area contributed by atoms with E-state index >= 15 is 0 Å². The van der Waals surface area contributed by atoms with E-state index in [0.29, 0.717) is 0 Å². The van der Waals surface area contributed by atoms with Gasteiger partial charge in [-0.25, -0.2) is 0 Å². The van der Waals surface area contributed by atoms with Gasteiger partial charge in [-0.3, -0.25) is 0 Å². The molecule has 1 nitrogen and oxygen atoms in total. The molecule has 1 heteroatoms. The van der Waals surface area contributed by atoms with Crippen molar-refractivity contribution in [3.05, 3.63) is 251 Å². The highest BCUT2D eigenvalue weighted by molar-refractivity contribution is 6.09. The Kier molecular flexibility index (Phi) is 9.88. The fourth-order valence-electron chi connectivity index (χ4n) is 11.0. The molecular formula is C62H53N. The highest BCUT2D eigenvalue weighted by atomic mass is 14.7. The molecule has 1 heterocycles. The minimum Gasteiger partial charge on any atom is -0.354 e. The summed E-state index contributed by atoms with van der Waals surface area (Å²) in [5.74, 6) is 0. The predicted molar refractivity (Wildman–Crippen MR) is 269 cm³/mol. The molecule has 9 aromatic carbocycles. The van der Waals surface area contributed by atoms with Gasteiger partial charge in [-0.2, -0.15) is 0 Å². The number of rotatable bonds is 3. The van der Waals surface area contributed by atoms with Gasteiger partial charge in [0, 0.05) is 32.6 Å². The van der Waals surface area contributed by atoms with Crippen LogP contribution in [0.5, 0.6) is 0 Å². The molecule has 0 unspecified atom stereocenters. The van der Waals surface area contributed by atoms with Gasteiger partial charge in [-0.05, 0) is 127 Å². The van der Waals surface area contributed by atoms with E-state index in [0.717, 1.165) is 6.42 Å². The van der Waals surface area contributed by atoms with Crippen LogP contribution in [0.4, 0.5) is 0 Å². The Morgan fingerprint density at radius 1 is 0.349 bits per heavy atom. The van der Waals surface area contributed by atoms with Crippen molar-refractivity contribution < 1.29 is 0 Å². The molecule has 0 bridgehead atoms. The largest absolute Gasteiger partial charge is 0.354 e. The zero-order valence-electron chi connectivity index (χ0n) is 35.8. The van der Waals surface area contributed by atoms with Crippen LogP contribution in [0.15, 0.2) is 206 Å². The standard InChI is InChI=1S/C40H30.C19H13N.C2H6.CH4/c1-39(35-15-7-3-11-31(35)32-12-4-8-16-36(32)39)29-23-19-27(20-24-29)28-21-25-30(26-22-28)40(2)37-17-9-5-13-33(37)34-14-6-10-18-38(34)40;1-2-6-14-12(5-1)9-13-10-17-15-7-3-4-8-18(15)20-19(17)11-16(13)14;1-2;/h3-26H,1-2H3;1-8,10-11,20H,9H2;1-2H3;1H4. The summed E-state index contributed by atoms with van der Waals surface area (Å²) in [6, 6.07) is 75.9. The molecule has 10 aromatic rings. The number of aromatic amines is 1. The van der Waals surface area contributed by atoms with E-state index in [-0.39, 0.29) is 18.3 Å². The lowest BCUT2D eigenvalue weighted by Gasteiger charge is -2.29. The maximum atomic E-state index is 3.54. The van der Waals surface area contributed by atoms with Gasteiger partial charge in [0.15, 0.2) is 0 Å². The maximum Gasteiger partial charge on any atom is 0.0471 e. The monoisotopic (exact) mass is 811 g/mol. The summed E-state index contributed by atoms with van der Waals surface area (Å²) in [5, 5.41) is 2.66. The summed E-state index contributed by atoms with van der Waals surface area (Å²) in [7, 11) is 0. The van der Waals surface area contributed by atoms with Gasteiger partial charge in [-0.1, -0.05) is 209 Å². The Balaban J connectivity index is 0.000000171. The smallest absolute Gasteiger partial charge is 0.0471 e. The normalized spacial score (nSPS) is 13.8. The quantitative estimate of drug-likeness (QED) is 0.183. The van der Waals surface area contributed by atoms with E-state index < -0.39 is 0 Å². The van der Waals surface area contributed by atoms with Crippen LogP contribution in [0.2, 0.25) is 0 Å². The average molecular weight is 812 g/mol. The Labute approximate surface area is 372 Å². The minimum atomic E-state index is -0.159. The first-order valence-electron chi connectivity index (χ1n) is 22.2. The summed E-state index contributed by atoms with van der Waals surface area (Å²) in [5.41, 5.74) is 23.9. The van der Waals surface area contributed by atoms with Crippen molar-refractivity contribution in [3.63, 3.8) is 0 Å². The van der Waals surface area contributed by atoms with Gasteiger partial charge in [0.25, 0.3) is 0 Å². The van der Waals surface area contributed by atoms with Crippen LogP contribution in [0.1, 0.15) is 79.6 Å². The lowest BCUT2D eigenvalue weighted by Crippen LogP contribution is -2.22. The van der Waals surface area contributed by atoms with E-state index in [1.807, 2.05) is 13.8 Å². The molecule has 0 spiro atoms. The lowest BCUT2D eigenvalue weighted by atomic mass is 9.73. The molecule has 1 aromatic heterocycles. The van der Waals surface area contributed by atoms with Gasteiger partial charge in [0.1, 0.15) is 0 Å². The Morgan fingerprint density at radius 2 is 0.746 bits per heavy atom. The third-order valence-electron chi connectivity index (χ3n) is 14.1. The minimum absolute atomic E-state index is 0. The van der Waals surface area contributed by atoms with Crippen molar-refractivity contribution in [2.75, 3.05) is 0 Å². The molecule has 13 rings (SSSR count). The van der Waals surface area contributed by atoms with Crippen molar-refractivity contribution in [2.24, 2.45) is 0 Å². The topological polar surface area (TPSA) is 15.8 Å². The van der Waals surface area contributed by atoms with Crippen molar-refractivity contribution in [1.29, 1.82) is 0 Å². The summed E-state index contributed by atoms with van der Waals surface area (Å²) in [4.78, 5) is 3.54. The molecule has 0 amide bonds. The van der Waals surface area contributed by atoms with E-state index in [9.17, 15) is 0 Å². The van der Waals surface area contributed by atoms with Crippen molar-refractivity contribution in [1.82, 2.24) is 4.98 Å². The summed E-state index contributed by atoms with van der Waals surface area (Å²) in [6.07, 6.45) is 1.06. The SMILES string of the molecule is C.CC.CC1(c2ccc(-c3ccc(C4(C)c5ccccc5-c5ccccc54)cc3)cc2)c2ccccc2-c2ccccc21.c1ccc2c(c1)Cc1cc3c(cc1-2)[nH]c1ccccc13. The Hall–Kier alpha value is -7.22. The summed E-state index contributed by atoms with van der Waals surface area (Å²) < 4.78 is 0. The van der Waals surface area contributed by atoms with Gasteiger partial charge < -0.3 is 4.98 Å². The number of H-pyrrole nitrogens is 1. The molecule has 0 saturated heterocycles. The van der Waals surface area contributed by atoms with E-state index in [1.165, 1.54) is 111 Å². The summed E-state index contributed by atoms with van der Waals surface area (Å²) in [6.45, 7) is 8.75. The summed E-state index contributed by atoms with van der Waals surface area (Å²) >= 11 is 0. The second-order valence-electron chi connectivity index (χ2n) is 17.1.